The summed E-state index contributed by atoms with van der Waals surface area (Å²) in [7, 11) is 1.76. The number of nitrogens with zero attached hydrogens (tertiary/aromatic N) is 2. The highest BCUT2D eigenvalue weighted by Gasteiger charge is 2.19. The van der Waals surface area contributed by atoms with Crippen LogP contribution in [0.2, 0.25) is 0 Å². The Morgan fingerprint density at radius 3 is 2.75 bits per heavy atom. The molecule has 0 radical (unpaired) electrons. The first-order valence-electron chi connectivity index (χ1n) is 6.52. The van der Waals surface area contributed by atoms with E-state index >= 15 is 0 Å². The maximum atomic E-state index is 13.8. The Balaban J connectivity index is 2.41. The molecule has 0 aliphatic heterocycles. The number of benzene rings is 1. The van der Waals surface area contributed by atoms with Crippen LogP contribution in [-0.2, 0) is 0 Å². The highest BCUT2D eigenvalue weighted by Crippen LogP contribution is 2.34. The number of anilines is 2. The first-order chi connectivity index (χ1) is 9.58. The Labute approximate surface area is 122 Å². The summed E-state index contributed by atoms with van der Waals surface area (Å²) in [4.78, 5) is 18.0. The fraction of sp³-hybridized carbons (Fsp3) is 0.333. The van der Waals surface area contributed by atoms with Crippen molar-refractivity contribution in [3.8, 4) is 0 Å². The Kier molecular flexibility index (Phi) is 4.49. The van der Waals surface area contributed by atoms with Gasteiger partial charge in [-0.2, -0.15) is 0 Å². The number of aromatic nitrogens is 1. The maximum absolute atomic E-state index is 13.8. The summed E-state index contributed by atoms with van der Waals surface area (Å²) in [6, 6.07) is 6.53. The lowest BCUT2D eigenvalue weighted by Crippen LogP contribution is -2.11. The number of carbonyl (C=O) groups is 1. The van der Waals surface area contributed by atoms with Crippen molar-refractivity contribution in [3.63, 3.8) is 0 Å². The Morgan fingerprint density at radius 2 is 2.15 bits per heavy atom. The van der Waals surface area contributed by atoms with E-state index in [0.29, 0.717) is 15.7 Å². The molecule has 0 bridgehead atoms. The van der Waals surface area contributed by atoms with Gasteiger partial charge in [-0.15, -0.1) is 0 Å². The second-order valence-corrected chi connectivity index (χ2v) is 5.69. The van der Waals surface area contributed by atoms with E-state index in [0.717, 1.165) is 18.4 Å². The zero-order valence-corrected chi connectivity index (χ0v) is 12.6. The molecule has 3 nitrogen and oxygen atoms in total. The van der Waals surface area contributed by atoms with Gasteiger partial charge in [0.2, 0.25) is 0 Å². The smallest absolute Gasteiger partial charge is 0.190 e. The number of hydrogen-bond acceptors (Lipinski definition) is 4. The highest BCUT2D eigenvalue weighted by molar-refractivity contribution is 7.17. The van der Waals surface area contributed by atoms with Crippen molar-refractivity contribution in [2.45, 2.75) is 26.2 Å². The summed E-state index contributed by atoms with van der Waals surface area (Å²) in [5.41, 5.74) is 1.25. The van der Waals surface area contributed by atoms with Crippen LogP contribution in [0.15, 0.2) is 24.3 Å². The summed E-state index contributed by atoms with van der Waals surface area (Å²) < 4.78 is 13.8. The minimum atomic E-state index is -0.303. The molecule has 1 aromatic heterocycles. The number of hydrogen-bond donors (Lipinski definition) is 0. The standard InChI is InChI=1S/C15H17FN2OS/c1-4-10(2)14-13(9-19)20-15(17-14)18(3)12-8-6-5-7-11(12)16/h5-10H,4H2,1-3H3. The van der Waals surface area contributed by atoms with E-state index < -0.39 is 0 Å². The predicted molar refractivity (Wildman–Crippen MR) is 80.7 cm³/mol. The lowest BCUT2D eigenvalue weighted by atomic mass is 10.0. The Morgan fingerprint density at radius 1 is 1.45 bits per heavy atom. The van der Waals surface area contributed by atoms with Crippen LogP contribution in [0.3, 0.4) is 0 Å². The molecule has 0 saturated carbocycles. The van der Waals surface area contributed by atoms with Crippen LogP contribution in [0.4, 0.5) is 15.2 Å². The van der Waals surface area contributed by atoms with E-state index in [-0.39, 0.29) is 11.7 Å². The van der Waals surface area contributed by atoms with Gasteiger partial charge in [0, 0.05) is 7.05 Å². The molecule has 1 atom stereocenters. The molecule has 0 aliphatic rings. The summed E-state index contributed by atoms with van der Waals surface area (Å²) in [5, 5.41) is 0.632. The lowest BCUT2D eigenvalue weighted by Gasteiger charge is -2.16. The first-order valence-corrected chi connectivity index (χ1v) is 7.34. The summed E-state index contributed by atoms with van der Waals surface area (Å²) in [6.07, 6.45) is 1.74. The first kappa shape index (κ1) is 14.7. The molecule has 106 valence electrons. The van der Waals surface area contributed by atoms with Crippen molar-refractivity contribution < 1.29 is 9.18 Å². The minimum Gasteiger partial charge on any atom is -0.318 e. The largest absolute Gasteiger partial charge is 0.318 e. The molecular formula is C15H17FN2OS. The quantitative estimate of drug-likeness (QED) is 0.767. The number of rotatable bonds is 5. The van der Waals surface area contributed by atoms with Gasteiger partial charge in [-0.3, -0.25) is 4.79 Å². The molecule has 2 aromatic rings. The van der Waals surface area contributed by atoms with Gasteiger partial charge in [-0.25, -0.2) is 9.37 Å². The monoisotopic (exact) mass is 292 g/mol. The second kappa shape index (κ2) is 6.13. The van der Waals surface area contributed by atoms with E-state index in [1.165, 1.54) is 17.4 Å². The van der Waals surface area contributed by atoms with Crippen LogP contribution < -0.4 is 4.90 Å². The third-order valence-corrected chi connectivity index (χ3v) is 4.43. The topological polar surface area (TPSA) is 33.2 Å². The molecule has 5 heteroatoms. The van der Waals surface area contributed by atoms with E-state index in [1.807, 2.05) is 6.92 Å². The summed E-state index contributed by atoms with van der Waals surface area (Å²) in [6.45, 7) is 4.09. The van der Waals surface area contributed by atoms with Crippen molar-refractivity contribution >= 4 is 28.4 Å². The number of carbonyl (C=O) groups excluding carboxylic acids is 1. The normalized spacial score (nSPS) is 12.2. The maximum Gasteiger partial charge on any atom is 0.190 e. The van der Waals surface area contributed by atoms with Crippen LogP contribution in [-0.4, -0.2) is 18.3 Å². The van der Waals surface area contributed by atoms with E-state index in [4.69, 9.17) is 0 Å². The zero-order chi connectivity index (χ0) is 14.7. The van der Waals surface area contributed by atoms with Crippen LogP contribution >= 0.6 is 11.3 Å². The van der Waals surface area contributed by atoms with Gasteiger partial charge >= 0.3 is 0 Å². The average molecular weight is 292 g/mol. The second-order valence-electron chi connectivity index (χ2n) is 4.68. The third kappa shape index (κ3) is 2.72. The molecule has 2 rings (SSSR count). The van der Waals surface area contributed by atoms with E-state index in [2.05, 4.69) is 11.9 Å². The van der Waals surface area contributed by atoms with Gasteiger partial charge in [0.15, 0.2) is 11.4 Å². The van der Waals surface area contributed by atoms with E-state index in [1.54, 1.807) is 30.1 Å². The lowest BCUT2D eigenvalue weighted by molar-refractivity contribution is 0.112. The molecule has 0 saturated heterocycles. The van der Waals surface area contributed by atoms with Crippen LogP contribution in [0.1, 0.15) is 41.6 Å². The minimum absolute atomic E-state index is 0.217. The van der Waals surface area contributed by atoms with Gasteiger partial charge < -0.3 is 4.90 Å². The molecule has 0 aliphatic carbocycles. The third-order valence-electron chi connectivity index (χ3n) is 3.36. The summed E-state index contributed by atoms with van der Waals surface area (Å²) in [5.74, 6) is -0.0860. The number of halogens is 1. The van der Waals surface area contributed by atoms with Crippen LogP contribution in [0, 0.1) is 5.82 Å². The van der Waals surface area contributed by atoms with Gasteiger partial charge in [-0.1, -0.05) is 37.3 Å². The molecule has 0 N–H and O–H groups in total. The molecule has 1 unspecified atom stereocenters. The van der Waals surface area contributed by atoms with Gasteiger partial charge in [0.25, 0.3) is 0 Å². The highest BCUT2D eigenvalue weighted by atomic mass is 32.1. The van der Waals surface area contributed by atoms with Crippen molar-refractivity contribution in [1.82, 2.24) is 4.98 Å². The Bertz CT molecular complexity index is 612. The number of thiazole rings is 1. The molecule has 1 aromatic carbocycles. The summed E-state index contributed by atoms with van der Waals surface area (Å²) >= 11 is 1.29. The Hall–Kier alpha value is -1.75. The SMILES string of the molecule is CCC(C)c1nc(N(C)c2ccccc2F)sc1C=O. The fourth-order valence-corrected chi connectivity index (χ4v) is 2.91. The molecule has 0 fully saturated rings. The molecule has 0 spiro atoms. The van der Waals surface area contributed by atoms with Gasteiger partial charge in [-0.05, 0) is 24.5 Å². The van der Waals surface area contributed by atoms with Crippen molar-refractivity contribution in [1.29, 1.82) is 0 Å². The van der Waals surface area contributed by atoms with Crippen LogP contribution in [0.5, 0.6) is 0 Å². The average Bonchev–Trinajstić information content (AvgIpc) is 2.90. The number of para-hydroxylation sites is 1. The molecule has 1 heterocycles. The molecule has 20 heavy (non-hydrogen) atoms. The van der Waals surface area contributed by atoms with Gasteiger partial charge in [0.05, 0.1) is 16.3 Å². The zero-order valence-electron chi connectivity index (χ0n) is 11.8. The van der Waals surface area contributed by atoms with Crippen LogP contribution in [0.25, 0.3) is 0 Å². The fourth-order valence-electron chi connectivity index (χ4n) is 1.93. The van der Waals surface area contributed by atoms with Crippen molar-refractivity contribution in [3.05, 3.63) is 40.7 Å². The molecular weight excluding hydrogens is 275 g/mol. The van der Waals surface area contributed by atoms with Crippen molar-refractivity contribution in [2.24, 2.45) is 0 Å². The molecule has 0 amide bonds. The van der Waals surface area contributed by atoms with Gasteiger partial charge in [0.1, 0.15) is 5.82 Å². The predicted octanol–water partition coefficient (Wildman–Crippen LogP) is 4.38. The number of aldehydes is 1. The van der Waals surface area contributed by atoms with Crippen molar-refractivity contribution in [2.75, 3.05) is 11.9 Å². The van der Waals surface area contributed by atoms with E-state index in [9.17, 15) is 9.18 Å².